The van der Waals surface area contributed by atoms with Gasteiger partial charge in [-0.05, 0) is 42.8 Å². The maximum atomic E-state index is 10.9. The monoisotopic (exact) mass is 324 g/mol. The average Bonchev–Trinajstić information content (AvgIpc) is 2.37. The Morgan fingerprint density at radius 3 is 2.18 bits per heavy atom. The maximum absolute atomic E-state index is 10.9. The summed E-state index contributed by atoms with van der Waals surface area (Å²) in [4.78, 5) is 10.9. The number of carboxylic acid groups (broad SMARTS) is 1. The molecular formula is C17H28O4Si. The largest absolute Gasteiger partial charge is 0.544 e. The first-order valence-corrected chi connectivity index (χ1v) is 10.6. The molecule has 1 rings (SSSR count). The molecule has 0 saturated heterocycles. The molecule has 0 aromatic heterocycles. The van der Waals surface area contributed by atoms with E-state index in [4.69, 9.17) is 14.3 Å². The van der Waals surface area contributed by atoms with Gasteiger partial charge in [-0.1, -0.05) is 32.9 Å². The first kappa shape index (κ1) is 18.7. The first-order valence-electron chi connectivity index (χ1n) is 7.69. The van der Waals surface area contributed by atoms with Crippen LogP contribution in [0.1, 0.15) is 45.8 Å². The number of benzene rings is 1. The van der Waals surface area contributed by atoms with Gasteiger partial charge in [0.25, 0.3) is 0 Å². The Hall–Kier alpha value is -1.33. The number of carboxylic acids is 1. The van der Waals surface area contributed by atoms with Crippen LogP contribution < -0.4 is 4.43 Å². The van der Waals surface area contributed by atoms with Crippen LogP contribution in [-0.4, -0.2) is 26.0 Å². The SMILES string of the molecule is CCO[C@@H](CC(=O)O)c1ccc(O[Si](C)(C)C(C)(C)C)cc1. The van der Waals surface area contributed by atoms with E-state index in [2.05, 4.69) is 33.9 Å². The lowest BCUT2D eigenvalue weighted by Crippen LogP contribution is -2.43. The second-order valence-corrected chi connectivity index (χ2v) is 11.7. The minimum Gasteiger partial charge on any atom is -0.544 e. The fraction of sp³-hybridized carbons (Fsp3) is 0.588. The molecule has 0 saturated carbocycles. The van der Waals surface area contributed by atoms with Gasteiger partial charge in [-0.15, -0.1) is 0 Å². The highest BCUT2D eigenvalue weighted by Gasteiger charge is 2.38. The van der Waals surface area contributed by atoms with Crippen molar-refractivity contribution in [2.45, 2.75) is 58.4 Å². The molecule has 0 spiro atoms. The van der Waals surface area contributed by atoms with Crippen molar-refractivity contribution < 1.29 is 19.1 Å². The van der Waals surface area contributed by atoms with Crippen molar-refractivity contribution >= 4 is 14.3 Å². The lowest BCUT2D eigenvalue weighted by Gasteiger charge is -2.36. The van der Waals surface area contributed by atoms with E-state index in [-0.39, 0.29) is 11.5 Å². The number of rotatable bonds is 7. The molecule has 1 aromatic carbocycles. The molecule has 1 atom stereocenters. The summed E-state index contributed by atoms with van der Waals surface area (Å²) in [7, 11) is -1.86. The summed E-state index contributed by atoms with van der Waals surface area (Å²) < 4.78 is 11.7. The lowest BCUT2D eigenvalue weighted by molar-refractivity contribution is -0.140. The van der Waals surface area contributed by atoms with Crippen molar-refractivity contribution in [3.8, 4) is 5.75 Å². The molecule has 0 unspecified atom stereocenters. The molecule has 0 amide bonds. The zero-order chi connectivity index (χ0) is 17.0. The first-order chi connectivity index (χ1) is 10.1. The topological polar surface area (TPSA) is 55.8 Å². The molecule has 22 heavy (non-hydrogen) atoms. The van der Waals surface area contributed by atoms with Gasteiger partial charge in [0.1, 0.15) is 5.75 Å². The molecule has 0 aliphatic carbocycles. The predicted octanol–water partition coefficient (Wildman–Crippen LogP) is 4.62. The Balaban J connectivity index is 2.87. The minimum atomic E-state index is -1.86. The van der Waals surface area contributed by atoms with Gasteiger partial charge < -0.3 is 14.3 Å². The van der Waals surface area contributed by atoms with E-state index < -0.39 is 20.4 Å². The molecule has 0 aliphatic rings. The summed E-state index contributed by atoms with van der Waals surface area (Å²) in [6.45, 7) is 13.4. The summed E-state index contributed by atoms with van der Waals surface area (Å²) in [5.41, 5.74) is 0.867. The number of hydrogen-bond donors (Lipinski definition) is 1. The van der Waals surface area contributed by atoms with Gasteiger partial charge in [0.15, 0.2) is 0 Å². The number of ether oxygens (including phenoxy) is 1. The fourth-order valence-electron chi connectivity index (χ4n) is 1.83. The Morgan fingerprint density at radius 1 is 1.23 bits per heavy atom. The third-order valence-corrected chi connectivity index (χ3v) is 8.52. The number of hydrogen-bond acceptors (Lipinski definition) is 3. The minimum absolute atomic E-state index is 0.0315. The predicted molar refractivity (Wildman–Crippen MR) is 90.9 cm³/mol. The van der Waals surface area contributed by atoms with Crippen molar-refractivity contribution in [2.75, 3.05) is 6.61 Å². The summed E-state index contributed by atoms with van der Waals surface area (Å²) in [6, 6.07) is 7.60. The summed E-state index contributed by atoms with van der Waals surface area (Å²) >= 11 is 0. The van der Waals surface area contributed by atoms with Crippen LogP contribution in [0.25, 0.3) is 0 Å². The normalized spacial score (nSPS) is 13.7. The molecule has 4 nitrogen and oxygen atoms in total. The average molecular weight is 324 g/mol. The van der Waals surface area contributed by atoms with Gasteiger partial charge in [-0.2, -0.15) is 0 Å². The van der Waals surface area contributed by atoms with Gasteiger partial charge in [0, 0.05) is 6.61 Å². The van der Waals surface area contributed by atoms with Gasteiger partial charge in [0.2, 0.25) is 8.32 Å². The van der Waals surface area contributed by atoms with Crippen molar-refractivity contribution in [1.82, 2.24) is 0 Å². The smallest absolute Gasteiger partial charge is 0.306 e. The molecule has 124 valence electrons. The highest BCUT2D eigenvalue weighted by molar-refractivity contribution is 6.74. The Kier molecular flexibility index (Phi) is 6.20. The Labute approximate surface area is 134 Å². The lowest BCUT2D eigenvalue weighted by atomic mass is 10.1. The number of carbonyl (C=O) groups is 1. The van der Waals surface area contributed by atoms with E-state index in [9.17, 15) is 4.79 Å². The van der Waals surface area contributed by atoms with E-state index in [1.54, 1.807) is 0 Å². The van der Waals surface area contributed by atoms with Crippen LogP contribution in [0.2, 0.25) is 18.1 Å². The highest BCUT2D eigenvalue weighted by atomic mass is 28.4. The summed E-state index contributed by atoms with van der Waals surface area (Å²) in [6.07, 6.45) is -0.444. The van der Waals surface area contributed by atoms with Gasteiger partial charge in [-0.3, -0.25) is 4.79 Å². The fourth-order valence-corrected chi connectivity index (χ4v) is 2.86. The second-order valence-electron chi connectivity index (χ2n) is 6.97. The van der Waals surface area contributed by atoms with E-state index >= 15 is 0 Å². The van der Waals surface area contributed by atoms with Crippen LogP contribution in [0.15, 0.2) is 24.3 Å². The molecule has 1 N–H and O–H groups in total. The third-order valence-electron chi connectivity index (χ3n) is 4.16. The molecule has 1 aromatic rings. The van der Waals surface area contributed by atoms with Crippen molar-refractivity contribution in [2.24, 2.45) is 0 Å². The summed E-state index contributed by atoms with van der Waals surface area (Å²) in [5.74, 6) is -0.0269. The third kappa shape index (κ3) is 5.14. The van der Waals surface area contributed by atoms with Crippen molar-refractivity contribution in [3.63, 3.8) is 0 Å². The quantitative estimate of drug-likeness (QED) is 0.743. The molecule has 5 heteroatoms. The summed E-state index contributed by atoms with van der Waals surface area (Å²) in [5, 5.41) is 9.11. The number of aliphatic carboxylic acids is 1. The van der Waals surface area contributed by atoms with Crippen LogP contribution >= 0.6 is 0 Å². The molecule has 0 heterocycles. The van der Waals surface area contributed by atoms with E-state index in [0.29, 0.717) is 6.61 Å². The van der Waals surface area contributed by atoms with Crippen LogP contribution in [0.4, 0.5) is 0 Å². The zero-order valence-corrected chi connectivity index (χ0v) is 15.5. The molecular weight excluding hydrogens is 296 g/mol. The van der Waals surface area contributed by atoms with Crippen molar-refractivity contribution in [1.29, 1.82) is 0 Å². The maximum Gasteiger partial charge on any atom is 0.306 e. The van der Waals surface area contributed by atoms with Crippen LogP contribution in [0.3, 0.4) is 0 Å². The van der Waals surface area contributed by atoms with E-state index in [0.717, 1.165) is 11.3 Å². The Morgan fingerprint density at radius 2 is 1.77 bits per heavy atom. The molecule has 0 aliphatic heterocycles. The van der Waals surface area contributed by atoms with Gasteiger partial charge in [0.05, 0.1) is 12.5 Å². The zero-order valence-electron chi connectivity index (χ0n) is 14.5. The molecule has 0 fully saturated rings. The van der Waals surface area contributed by atoms with Gasteiger partial charge >= 0.3 is 5.97 Å². The Bertz CT molecular complexity index is 488. The van der Waals surface area contributed by atoms with Crippen molar-refractivity contribution in [3.05, 3.63) is 29.8 Å². The van der Waals surface area contributed by atoms with Crippen LogP contribution in [0.5, 0.6) is 5.75 Å². The molecule has 0 bridgehead atoms. The van der Waals surface area contributed by atoms with Gasteiger partial charge in [-0.25, -0.2) is 0 Å². The van der Waals surface area contributed by atoms with Crippen LogP contribution in [0, 0.1) is 0 Å². The standard InChI is InChI=1S/C17H28O4Si/c1-7-20-15(12-16(18)19)13-8-10-14(11-9-13)21-22(5,6)17(2,3)4/h8-11,15H,7,12H2,1-6H3,(H,18,19)/t15-/m0/s1. The van der Waals surface area contributed by atoms with Crippen LogP contribution in [-0.2, 0) is 9.53 Å². The second kappa shape index (κ2) is 7.29. The highest BCUT2D eigenvalue weighted by Crippen LogP contribution is 2.37. The van der Waals surface area contributed by atoms with E-state index in [1.165, 1.54) is 0 Å². The molecule has 0 radical (unpaired) electrons. The van der Waals surface area contributed by atoms with E-state index in [1.807, 2.05) is 31.2 Å².